The summed E-state index contributed by atoms with van der Waals surface area (Å²) in [5.41, 5.74) is 1.49. The average Bonchev–Trinajstić information content (AvgIpc) is 2.62. The highest BCUT2D eigenvalue weighted by molar-refractivity contribution is 6.22. The summed E-state index contributed by atoms with van der Waals surface area (Å²) in [7, 11) is 0. The monoisotopic (exact) mass is 302 g/mol. The summed E-state index contributed by atoms with van der Waals surface area (Å²) in [6, 6.07) is 16.2. The number of fused-ring (bicyclic) bond motifs is 6. The molecule has 3 aromatic carbocycles. The molecule has 4 aromatic rings. The van der Waals surface area contributed by atoms with Gasteiger partial charge < -0.3 is 0 Å². The molecule has 5 nitrogen and oxygen atoms in total. The van der Waals surface area contributed by atoms with Gasteiger partial charge in [-0.1, -0.05) is 55.5 Å². The molecule has 0 radical (unpaired) electrons. The summed E-state index contributed by atoms with van der Waals surface area (Å²) < 4.78 is 0. The minimum absolute atomic E-state index is 0.128. The lowest BCUT2D eigenvalue weighted by atomic mass is 10.00. The van der Waals surface area contributed by atoms with Crippen molar-refractivity contribution in [1.29, 1.82) is 0 Å². The molecular formula is C18H14N4O. The number of benzene rings is 3. The normalized spacial score (nSPS) is 11.2. The van der Waals surface area contributed by atoms with Crippen molar-refractivity contribution >= 4 is 44.4 Å². The van der Waals surface area contributed by atoms with Crippen LogP contribution in [0.15, 0.2) is 48.5 Å². The van der Waals surface area contributed by atoms with E-state index in [1.165, 1.54) is 0 Å². The molecular weight excluding hydrogens is 288 g/mol. The summed E-state index contributed by atoms with van der Waals surface area (Å²) in [4.78, 5) is 16.1. The van der Waals surface area contributed by atoms with E-state index in [0.29, 0.717) is 6.42 Å². The molecule has 0 unspecified atom stereocenters. The molecule has 1 heterocycles. The third kappa shape index (κ3) is 2.17. The van der Waals surface area contributed by atoms with Crippen molar-refractivity contribution in [2.45, 2.75) is 13.3 Å². The van der Waals surface area contributed by atoms with Crippen LogP contribution in [0, 0.1) is 0 Å². The number of rotatable bonds is 2. The Morgan fingerprint density at radius 3 is 2.04 bits per heavy atom. The Morgan fingerprint density at radius 2 is 1.43 bits per heavy atom. The van der Waals surface area contributed by atoms with Gasteiger partial charge in [0.05, 0.1) is 0 Å². The minimum atomic E-state index is -0.128. The third-order valence-electron chi connectivity index (χ3n) is 3.91. The summed E-state index contributed by atoms with van der Waals surface area (Å²) in [5.74, 6) is 0.112. The lowest BCUT2D eigenvalue weighted by Crippen LogP contribution is -2.13. The molecule has 0 bridgehead atoms. The number of carbonyl (C=O) groups is 1. The Hall–Kier alpha value is -3.08. The van der Waals surface area contributed by atoms with E-state index in [1.807, 2.05) is 36.4 Å². The molecule has 0 aliphatic rings. The smallest absolute Gasteiger partial charge is 0.249 e. The van der Waals surface area contributed by atoms with Crippen molar-refractivity contribution in [3.63, 3.8) is 0 Å². The highest BCUT2D eigenvalue weighted by Gasteiger charge is 2.12. The van der Waals surface area contributed by atoms with E-state index in [4.69, 9.17) is 0 Å². The first-order chi connectivity index (χ1) is 11.3. The number of anilines is 1. The highest BCUT2D eigenvalue weighted by Crippen LogP contribution is 2.32. The fourth-order valence-electron chi connectivity index (χ4n) is 2.81. The Bertz CT molecular complexity index is 1020. The standard InChI is InChI=1S/C18H14N4O/c1-2-15(23)19-18-20-16-13-9-5-3-7-11(13)12-8-4-6-10-14(12)17(16)21-22-18/h3-10H,2H2,1H3,(H,19,20,22,23). The van der Waals surface area contributed by atoms with Crippen LogP contribution in [0.1, 0.15) is 13.3 Å². The maximum atomic E-state index is 11.6. The van der Waals surface area contributed by atoms with Gasteiger partial charge in [0.1, 0.15) is 11.0 Å². The molecule has 0 atom stereocenters. The van der Waals surface area contributed by atoms with Gasteiger partial charge in [0.2, 0.25) is 11.9 Å². The average molecular weight is 302 g/mol. The summed E-state index contributed by atoms with van der Waals surface area (Å²) in [5, 5.41) is 15.3. The second-order valence-electron chi connectivity index (χ2n) is 5.33. The molecule has 0 spiro atoms. The van der Waals surface area contributed by atoms with E-state index < -0.39 is 0 Å². The zero-order chi connectivity index (χ0) is 15.8. The predicted molar refractivity (Wildman–Crippen MR) is 91.3 cm³/mol. The quantitative estimate of drug-likeness (QED) is 0.574. The van der Waals surface area contributed by atoms with Gasteiger partial charge in [0.15, 0.2) is 0 Å². The van der Waals surface area contributed by atoms with Gasteiger partial charge in [-0.05, 0) is 10.8 Å². The predicted octanol–water partition coefficient (Wildman–Crippen LogP) is 3.68. The number of hydrogen-bond donors (Lipinski definition) is 1. The number of nitrogens with one attached hydrogen (secondary N) is 1. The van der Waals surface area contributed by atoms with Crippen LogP contribution in [0.4, 0.5) is 5.95 Å². The van der Waals surface area contributed by atoms with Crippen molar-refractivity contribution in [1.82, 2.24) is 15.2 Å². The molecule has 0 saturated carbocycles. The first kappa shape index (κ1) is 13.6. The maximum absolute atomic E-state index is 11.6. The fourth-order valence-corrected chi connectivity index (χ4v) is 2.81. The van der Waals surface area contributed by atoms with Crippen LogP contribution in [-0.2, 0) is 4.79 Å². The van der Waals surface area contributed by atoms with Crippen LogP contribution in [-0.4, -0.2) is 21.1 Å². The second kappa shape index (κ2) is 5.28. The van der Waals surface area contributed by atoms with E-state index in [0.717, 1.165) is 32.6 Å². The van der Waals surface area contributed by atoms with E-state index >= 15 is 0 Å². The molecule has 0 fully saturated rings. The van der Waals surface area contributed by atoms with E-state index in [2.05, 4.69) is 32.6 Å². The first-order valence-electron chi connectivity index (χ1n) is 7.51. The molecule has 0 saturated heterocycles. The van der Waals surface area contributed by atoms with E-state index in [9.17, 15) is 4.79 Å². The van der Waals surface area contributed by atoms with Crippen LogP contribution in [0.2, 0.25) is 0 Å². The molecule has 0 aliphatic heterocycles. The summed E-state index contributed by atoms with van der Waals surface area (Å²) >= 11 is 0. The summed E-state index contributed by atoms with van der Waals surface area (Å²) in [6.07, 6.45) is 0.375. The lowest BCUT2D eigenvalue weighted by Gasteiger charge is -2.09. The van der Waals surface area contributed by atoms with Gasteiger partial charge in [0.25, 0.3) is 0 Å². The SMILES string of the molecule is CCC(=O)Nc1nnc2c3ccccc3c3ccccc3c2n1. The maximum Gasteiger partial charge on any atom is 0.249 e. The zero-order valence-electron chi connectivity index (χ0n) is 12.6. The van der Waals surface area contributed by atoms with Crippen molar-refractivity contribution in [2.24, 2.45) is 0 Å². The van der Waals surface area contributed by atoms with Gasteiger partial charge >= 0.3 is 0 Å². The van der Waals surface area contributed by atoms with Crippen LogP contribution in [0.3, 0.4) is 0 Å². The number of nitrogens with zero attached hydrogens (tertiary/aromatic N) is 3. The Kier molecular flexibility index (Phi) is 3.12. The molecule has 4 rings (SSSR count). The number of hydrogen-bond acceptors (Lipinski definition) is 4. The molecule has 0 aliphatic carbocycles. The van der Waals surface area contributed by atoms with Crippen molar-refractivity contribution in [3.05, 3.63) is 48.5 Å². The minimum Gasteiger partial charge on any atom is -0.293 e. The summed E-state index contributed by atoms with van der Waals surface area (Å²) in [6.45, 7) is 1.78. The number of amides is 1. The zero-order valence-corrected chi connectivity index (χ0v) is 12.6. The highest BCUT2D eigenvalue weighted by atomic mass is 16.1. The van der Waals surface area contributed by atoms with E-state index in [-0.39, 0.29) is 11.9 Å². The van der Waals surface area contributed by atoms with Crippen LogP contribution in [0.5, 0.6) is 0 Å². The molecule has 23 heavy (non-hydrogen) atoms. The molecule has 5 heteroatoms. The van der Waals surface area contributed by atoms with Crippen LogP contribution in [0.25, 0.3) is 32.6 Å². The molecule has 1 N–H and O–H groups in total. The third-order valence-corrected chi connectivity index (χ3v) is 3.91. The number of carbonyl (C=O) groups excluding carboxylic acids is 1. The van der Waals surface area contributed by atoms with Crippen molar-refractivity contribution in [2.75, 3.05) is 5.32 Å². The molecule has 1 amide bonds. The van der Waals surface area contributed by atoms with Crippen molar-refractivity contribution < 1.29 is 4.79 Å². The van der Waals surface area contributed by atoms with Crippen LogP contribution < -0.4 is 5.32 Å². The van der Waals surface area contributed by atoms with Gasteiger partial charge in [-0.3, -0.25) is 10.1 Å². The van der Waals surface area contributed by atoms with Crippen LogP contribution >= 0.6 is 0 Å². The largest absolute Gasteiger partial charge is 0.293 e. The van der Waals surface area contributed by atoms with Gasteiger partial charge in [0, 0.05) is 17.2 Å². The second-order valence-corrected chi connectivity index (χ2v) is 5.33. The molecule has 1 aromatic heterocycles. The molecule has 112 valence electrons. The Balaban J connectivity index is 2.10. The Morgan fingerprint density at radius 1 is 0.870 bits per heavy atom. The van der Waals surface area contributed by atoms with Gasteiger partial charge in [-0.2, -0.15) is 0 Å². The fraction of sp³-hybridized carbons (Fsp3) is 0.111. The number of aromatic nitrogens is 3. The Labute approximate surface area is 132 Å². The van der Waals surface area contributed by atoms with E-state index in [1.54, 1.807) is 6.92 Å². The van der Waals surface area contributed by atoms with Gasteiger partial charge in [-0.15, -0.1) is 10.2 Å². The lowest BCUT2D eigenvalue weighted by molar-refractivity contribution is -0.115. The van der Waals surface area contributed by atoms with Gasteiger partial charge in [-0.25, -0.2) is 4.98 Å². The topological polar surface area (TPSA) is 67.8 Å². The first-order valence-corrected chi connectivity index (χ1v) is 7.51. The van der Waals surface area contributed by atoms with Crippen molar-refractivity contribution in [3.8, 4) is 0 Å².